The van der Waals surface area contributed by atoms with E-state index in [1.54, 1.807) is 0 Å². The molecule has 0 atom stereocenters. The van der Waals surface area contributed by atoms with Crippen LogP contribution in [0.1, 0.15) is 12.8 Å². The van der Waals surface area contributed by atoms with Gasteiger partial charge in [-0.05, 0) is 40.9 Å². The fraction of sp³-hybridized carbons (Fsp3) is 0.455. The molecule has 0 saturated heterocycles. The van der Waals surface area contributed by atoms with Gasteiger partial charge in [-0.2, -0.15) is 0 Å². The van der Waals surface area contributed by atoms with E-state index < -0.39 is 0 Å². The minimum absolute atomic E-state index is 0.498. The lowest BCUT2D eigenvalue weighted by atomic mass is 10.3. The third-order valence-corrected chi connectivity index (χ3v) is 3.30. The zero-order valence-electron chi connectivity index (χ0n) is 8.77. The van der Waals surface area contributed by atoms with Crippen LogP contribution in [0.25, 0.3) is 11.0 Å². The van der Waals surface area contributed by atoms with Crippen molar-refractivity contribution in [3.05, 3.63) is 22.7 Å². The Morgan fingerprint density at radius 1 is 1.44 bits per heavy atom. The van der Waals surface area contributed by atoms with Crippen molar-refractivity contribution in [3.8, 4) is 0 Å². The van der Waals surface area contributed by atoms with Crippen LogP contribution in [0.2, 0.25) is 0 Å². The summed E-state index contributed by atoms with van der Waals surface area (Å²) in [7, 11) is 0. The Morgan fingerprint density at radius 2 is 2.31 bits per heavy atom. The Balaban J connectivity index is 1.79. The summed E-state index contributed by atoms with van der Waals surface area (Å²) in [5, 5.41) is 8.25. The summed E-state index contributed by atoms with van der Waals surface area (Å²) in [6.45, 7) is 1.47. The maximum atomic E-state index is 5.61. The number of fused-ring (bicyclic) bond motifs is 1. The van der Waals surface area contributed by atoms with E-state index in [-0.39, 0.29) is 0 Å². The van der Waals surface area contributed by atoms with Crippen LogP contribution in [0.3, 0.4) is 0 Å². The molecule has 1 aromatic heterocycles. The van der Waals surface area contributed by atoms with Gasteiger partial charge in [0.25, 0.3) is 0 Å². The van der Waals surface area contributed by atoms with Crippen molar-refractivity contribution in [2.24, 2.45) is 0 Å². The third kappa shape index (κ3) is 1.97. The average molecular weight is 282 g/mol. The molecule has 0 radical (unpaired) electrons. The molecule has 84 valence electrons. The summed E-state index contributed by atoms with van der Waals surface area (Å²) in [5.74, 6) is 0. The van der Waals surface area contributed by atoms with E-state index in [0.717, 1.165) is 22.1 Å². The highest BCUT2D eigenvalue weighted by molar-refractivity contribution is 9.10. The molecule has 1 aromatic carbocycles. The number of ether oxygens (including phenoxy) is 1. The van der Waals surface area contributed by atoms with Crippen LogP contribution in [-0.4, -0.2) is 27.7 Å². The fourth-order valence-corrected chi connectivity index (χ4v) is 2.24. The molecule has 3 rings (SSSR count). The van der Waals surface area contributed by atoms with Gasteiger partial charge in [0.2, 0.25) is 0 Å². The van der Waals surface area contributed by atoms with Crippen molar-refractivity contribution in [3.63, 3.8) is 0 Å². The lowest BCUT2D eigenvalue weighted by Gasteiger charge is -2.04. The highest BCUT2D eigenvalue weighted by Crippen LogP contribution is 2.24. The van der Waals surface area contributed by atoms with Gasteiger partial charge >= 0.3 is 0 Å². The minimum atomic E-state index is 0.498. The van der Waals surface area contributed by atoms with Crippen molar-refractivity contribution >= 4 is 27.0 Å². The molecule has 0 amide bonds. The summed E-state index contributed by atoms with van der Waals surface area (Å²) in [5.41, 5.74) is 1.96. The Kier molecular flexibility index (Phi) is 2.65. The van der Waals surface area contributed by atoms with Crippen LogP contribution in [0.4, 0.5) is 0 Å². The maximum Gasteiger partial charge on any atom is 0.114 e. The van der Waals surface area contributed by atoms with E-state index in [4.69, 9.17) is 4.74 Å². The van der Waals surface area contributed by atoms with Gasteiger partial charge in [-0.1, -0.05) is 11.3 Å². The number of halogens is 1. The molecule has 5 heteroatoms. The smallest absolute Gasteiger partial charge is 0.114 e. The zero-order chi connectivity index (χ0) is 11.0. The molecular weight excluding hydrogens is 270 g/mol. The molecule has 0 aliphatic heterocycles. The number of hydrogen-bond acceptors (Lipinski definition) is 3. The predicted octanol–water partition coefficient (Wildman–Crippen LogP) is 2.37. The molecule has 2 aromatic rings. The average Bonchev–Trinajstić information content (AvgIpc) is 3.00. The number of para-hydroxylation sites is 1. The standard InChI is InChI=1S/C11H12BrN3O/c12-9-2-1-3-10-11(9)15(14-13-10)6-7-16-8-4-5-8/h1-3,8H,4-7H2. The van der Waals surface area contributed by atoms with Crippen LogP contribution in [0, 0.1) is 0 Å². The first kappa shape index (κ1) is 10.2. The van der Waals surface area contributed by atoms with Crippen molar-refractivity contribution in [1.82, 2.24) is 15.0 Å². The Labute approximate surface area is 102 Å². The molecule has 0 bridgehead atoms. The SMILES string of the molecule is Brc1cccc2nnn(CCOC3CC3)c12. The van der Waals surface area contributed by atoms with Crippen LogP contribution in [-0.2, 0) is 11.3 Å². The predicted molar refractivity (Wildman–Crippen MR) is 64.2 cm³/mol. The Hall–Kier alpha value is -0.940. The van der Waals surface area contributed by atoms with Crippen molar-refractivity contribution in [2.45, 2.75) is 25.5 Å². The van der Waals surface area contributed by atoms with E-state index in [1.807, 2.05) is 22.9 Å². The van der Waals surface area contributed by atoms with Gasteiger partial charge in [-0.25, -0.2) is 4.68 Å². The van der Waals surface area contributed by atoms with Crippen LogP contribution >= 0.6 is 15.9 Å². The number of nitrogens with zero attached hydrogens (tertiary/aromatic N) is 3. The van der Waals surface area contributed by atoms with Gasteiger partial charge in [-0.15, -0.1) is 5.10 Å². The molecule has 1 fully saturated rings. The van der Waals surface area contributed by atoms with E-state index in [1.165, 1.54) is 12.8 Å². The van der Waals surface area contributed by atoms with Gasteiger partial charge in [0.1, 0.15) is 11.0 Å². The van der Waals surface area contributed by atoms with Crippen LogP contribution in [0.5, 0.6) is 0 Å². The third-order valence-electron chi connectivity index (χ3n) is 2.67. The minimum Gasteiger partial charge on any atom is -0.376 e. The number of hydrogen-bond donors (Lipinski definition) is 0. The molecule has 1 aliphatic carbocycles. The molecule has 1 heterocycles. The first-order valence-electron chi connectivity index (χ1n) is 5.44. The first-order valence-corrected chi connectivity index (χ1v) is 6.23. The zero-order valence-corrected chi connectivity index (χ0v) is 10.4. The van der Waals surface area contributed by atoms with Gasteiger partial charge < -0.3 is 4.74 Å². The first-order chi connectivity index (χ1) is 7.84. The largest absolute Gasteiger partial charge is 0.376 e. The molecular formula is C11H12BrN3O. The summed E-state index contributed by atoms with van der Waals surface area (Å²) in [6.07, 6.45) is 2.92. The highest BCUT2D eigenvalue weighted by Gasteiger charge is 2.21. The second-order valence-corrected chi connectivity index (χ2v) is 4.84. The fourth-order valence-electron chi connectivity index (χ4n) is 1.68. The molecule has 0 unspecified atom stereocenters. The highest BCUT2D eigenvalue weighted by atomic mass is 79.9. The normalized spacial score (nSPS) is 15.8. The van der Waals surface area contributed by atoms with E-state index in [0.29, 0.717) is 12.7 Å². The second kappa shape index (κ2) is 4.14. The van der Waals surface area contributed by atoms with E-state index >= 15 is 0 Å². The lowest BCUT2D eigenvalue weighted by molar-refractivity contribution is 0.110. The van der Waals surface area contributed by atoms with E-state index in [9.17, 15) is 0 Å². The summed E-state index contributed by atoms with van der Waals surface area (Å²) in [4.78, 5) is 0. The molecule has 1 saturated carbocycles. The number of aromatic nitrogens is 3. The van der Waals surface area contributed by atoms with Crippen LogP contribution < -0.4 is 0 Å². The number of rotatable bonds is 4. The van der Waals surface area contributed by atoms with Gasteiger partial charge in [0.05, 0.1) is 19.3 Å². The lowest BCUT2D eigenvalue weighted by Crippen LogP contribution is -2.08. The topological polar surface area (TPSA) is 39.9 Å². The van der Waals surface area contributed by atoms with Gasteiger partial charge in [0, 0.05) is 4.47 Å². The molecule has 0 N–H and O–H groups in total. The Morgan fingerprint density at radius 3 is 3.12 bits per heavy atom. The van der Waals surface area contributed by atoms with Crippen LogP contribution in [0.15, 0.2) is 22.7 Å². The molecule has 4 nitrogen and oxygen atoms in total. The summed E-state index contributed by atoms with van der Waals surface area (Å²) >= 11 is 3.52. The molecule has 1 aliphatic rings. The van der Waals surface area contributed by atoms with Crippen molar-refractivity contribution in [1.29, 1.82) is 0 Å². The summed E-state index contributed by atoms with van der Waals surface area (Å²) < 4.78 is 8.53. The summed E-state index contributed by atoms with van der Waals surface area (Å²) in [6, 6.07) is 5.93. The van der Waals surface area contributed by atoms with Gasteiger partial charge in [0.15, 0.2) is 0 Å². The van der Waals surface area contributed by atoms with E-state index in [2.05, 4.69) is 26.2 Å². The number of benzene rings is 1. The van der Waals surface area contributed by atoms with Crippen molar-refractivity contribution in [2.75, 3.05) is 6.61 Å². The molecule has 16 heavy (non-hydrogen) atoms. The molecule has 0 spiro atoms. The maximum absolute atomic E-state index is 5.61. The Bertz CT molecular complexity index is 507. The monoisotopic (exact) mass is 281 g/mol. The van der Waals surface area contributed by atoms with Gasteiger partial charge in [-0.3, -0.25) is 0 Å². The quantitative estimate of drug-likeness (QED) is 0.864. The van der Waals surface area contributed by atoms with Crippen molar-refractivity contribution < 1.29 is 4.74 Å². The second-order valence-electron chi connectivity index (χ2n) is 3.99.